The van der Waals surface area contributed by atoms with Gasteiger partial charge < -0.3 is 0 Å². The van der Waals surface area contributed by atoms with Crippen LogP contribution in [0, 0.1) is 29.8 Å². The van der Waals surface area contributed by atoms with Crippen molar-refractivity contribution in [2.45, 2.75) is 13.1 Å². The number of nitrogens with zero attached hydrogens (tertiary/aromatic N) is 8. The molecule has 39 heavy (non-hydrogen) atoms. The fraction of sp³-hybridized carbons (Fsp3) is 0.0714. The summed E-state index contributed by atoms with van der Waals surface area (Å²) in [5.41, 5.74) is 3.59. The average Bonchev–Trinajstić information content (AvgIpc) is 3.36. The van der Waals surface area contributed by atoms with E-state index in [0.717, 1.165) is 28.5 Å². The van der Waals surface area contributed by atoms with Crippen LogP contribution in [-0.2, 0) is 6.18 Å². The zero-order chi connectivity index (χ0) is 27.1. The number of nitriles is 2. The summed E-state index contributed by atoms with van der Waals surface area (Å²) in [5.74, 6) is 0. The van der Waals surface area contributed by atoms with Gasteiger partial charge in [0.05, 0.1) is 38.7 Å². The predicted octanol–water partition coefficient (Wildman–Crippen LogP) is 5.15. The number of hydrogen-bond acceptors (Lipinski definition) is 8. The summed E-state index contributed by atoms with van der Waals surface area (Å²) < 4.78 is 40.2. The molecular formula is C28H11F3N8. The number of rotatable bonds is 0. The largest absolute Gasteiger partial charge is 0.416 e. The molecule has 0 N–H and O–H groups in total. The Morgan fingerprint density at radius 3 is 1.56 bits per heavy atom. The van der Waals surface area contributed by atoms with Crippen molar-refractivity contribution >= 4 is 65.7 Å². The van der Waals surface area contributed by atoms with Crippen LogP contribution in [0.4, 0.5) is 13.2 Å². The van der Waals surface area contributed by atoms with Gasteiger partial charge in [-0.25, -0.2) is 19.9 Å². The van der Waals surface area contributed by atoms with Gasteiger partial charge >= 0.3 is 6.18 Å². The first kappa shape index (κ1) is 22.6. The van der Waals surface area contributed by atoms with Gasteiger partial charge in [0.2, 0.25) is 12.4 Å². The van der Waals surface area contributed by atoms with Crippen molar-refractivity contribution in [2.75, 3.05) is 0 Å². The van der Waals surface area contributed by atoms with Gasteiger partial charge in [-0.05, 0) is 37.3 Å². The molecule has 2 heterocycles. The molecule has 8 nitrogen and oxygen atoms in total. The molecule has 5 aromatic carbocycles. The van der Waals surface area contributed by atoms with Gasteiger partial charge in [-0.15, -0.1) is 0 Å². The van der Waals surface area contributed by atoms with E-state index in [1.165, 1.54) is 6.07 Å². The Kier molecular flexibility index (Phi) is 4.48. The lowest BCUT2D eigenvalue weighted by Crippen LogP contribution is -2.06. The van der Waals surface area contributed by atoms with Gasteiger partial charge in [0, 0.05) is 21.5 Å². The van der Waals surface area contributed by atoms with E-state index < -0.39 is 11.7 Å². The number of aryl methyl sites for hydroxylation is 1. The van der Waals surface area contributed by atoms with E-state index in [9.17, 15) is 23.7 Å². The first-order chi connectivity index (χ1) is 18.8. The van der Waals surface area contributed by atoms with Gasteiger partial charge in [-0.2, -0.15) is 33.7 Å². The van der Waals surface area contributed by atoms with Crippen LogP contribution in [0.15, 0.2) is 58.5 Å². The van der Waals surface area contributed by atoms with Crippen molar-refractivity contribution in [2.24, 2.45) is 9.98 Å². The fourth-order valence-electron chi connectivity index (χ4n) is 5.08. The maximum absolute atomic E-state index is 13.4. The summed E-state index contributed by atoms with van der Waals surface area (Å²) in [6, 6.07) is 12.4. The summed E-state index contributed by atoms with van der Waals surface area (Å²) in [7, 11) is 0. The minimum absolute atomic E-state index is 0.0322. The van der Waals surface area contributed by atoms with Crippen molar-refractivity contribution in [3.05, 3.63) is 70.4 Å². The van der Waals surface area contributed by atoms with Gasteiger partial charge in [-0.3, -0.25) is 0 Å². The summed E-state index contributed by atoms with van der Waals surface area (Å²) >= 11 is 0. The van der Waals surface area contributed by atoms with E-state index in [0.29, 0.717) is 49.4 Å². The molecule has 0 atom stereocenters. The van der Waals surface area contributed by atoms with Crippen LogP contribution in [0.1, 0.15) is 11.1 Å². The van der Waals surface area contributed by atoms with Crippen molar-refractivity contribution in [1.29, 1.82) is 10.5 Å². The van der Waals surface area contributed by atoms with Crippen LogP contribution in [0.5, 0.6) is 0 Å². The first-order valence-corrected chi connectivity index (χ1v) is 11.6. The minimum Gasteiger partial charge on any atom is -0.244 e. The maximum Gasteiger partial charge on any atom is 0.416 e. The van der Waals surface area contributed by atoms with Crippen molar-refractivity contribution in [3.63, 3.8) is 0 Å². The van der Waals surface area contributed by atoms with Crippen LogP contribution < -0.4 is 10.7 Å². The molecule has 0 saturated heterocycles. The average molecular weight is 516 g/mol. The highest BCUT2D eigenvalue weighted by Gasteiger charge is 2.31. The summed E-state index contributed by atoms with van der Waals surface area (Å²) in [6.45, 7) is 1.94. The molecule has 0 aliphatic carbocycles. The predicted molar refractivity (Wildman–Crippen MR) is 137 cm³/mol. The third kappa shape index (κ3) is 3.23. The number of alkyl halides is 3. The molecule has 0 aliphatic heterocycles. The van der Waals surface area contributed by atoms with Gasteiger partial charge in [0.25, 0.3) is 0 Å². The molecular weight excluding hydrogens is 505 g/mol. The molecule has 184 valence electrons. The van der Waals surface area contributed by atoms with Crippen LogP contribution in [-0.4, -0.2) is 19.9 Å². The zero-order valence-corrected chi connectivity index (χ0v) is 19.8. The molecule has 7 aromatic rings. The van der Waals surface area contributed by atoms with E-state index in [1.54, 1.807) is 18.3 Å². The van der Waals surface area contributed by atoms with E-state index in [4.69, 9.17) is 9.97 Å². The second kappa shape index (κ2) is 7.73. The molecule has 0 saturated carbocycles. The Hall–Kier alpha value is -5.55. The SMILES string of the molecule is Cc1ccc2c(c1)/c(=N\C#N)c1nc3cc4nc5c(nc4cc3nc12)/c(=N/C#N)c1cc(C(F)(F)F)ccc15. The number of halogens is 3. The monoisotopic (exact) mass is 516 g/mol. The molecule has 7 rings (SSSR count). The lowest BCUT2D eigenvalue weighted by Gasteiger charge is -2.05. The maximum atomic E-state index is 13.4. The normalized spacial score (nSPS) is 13.4. The smallest absolute Gasteiger partial charge is 0.244 e. The summed E-state index contributed by atoms with van der Waals surface area (Å²) in [5, 5.41) is 21.1. The summed E-state index contributed by atoms with van der Waals surface area (Å²) in [6.07, 6.45) is -1.05. The minimum atomic E-state index is -4.56. The lowest BCUT2D eigenvalue weighted by atomic mass is 10.1. The van der Waals surface area contributed by atoms with Crippen LogP contribution in [0.25, 0.3) is 65.7 Å². The highest BCUT2D eigenvalue weighted by molar-refractivity contribution is 6.12. The number of fused-ring (bicyclic) bond motifs is 8. The molecule has 0 spiro atoms. The fourth-order valence-corrected chi connectivity index (χ4v) is 5.08. The molecule has 0 fully saturated rings. The van der Waals surface area contributed by atoms with Crippen molar-refractivity contribution in [3.8, 4) is 12.4 Å². The molecule has 11 heteroatoms. The number of benzene rings is 3. The van der Waals surface area contributed by atoms with E-state index >= 15 is 0 Å². The van der Waals surface area contributed by atoms with Crippen LogP contribution in [0.2, 0.25) is 0 Å². The third-order valence-electron chi connectivity index (χ3n) is 6.76. The molecule has 0 bridgehead atoms. The summed E-state index contributed by atoms with van der Waals surface area (Å²) in [4.78, 5) is 26.7. The quantitative estimate of drug-likeness (QED) is 0.203. The van der Waals surface area contributed by atoms with E-state index in [2.05, 4.69) is 20.0 Å². The topological polar surface area (TPSA) is 124 Å². The lowest BCUT2D eigenvalue weighted by molar-refractivity contribution is -0.137. The Balaban J connectivity index is 1.59. The molecule has 0 amide bonds. The number of aromatic nitrogens is 4. The third-order valence-corrected chi connectivity index (χ3v) is 6.76. The Labute approximate surface area is 215 Å². The van der Waals surface area contributed by atoms with Crippen molar-refractivity contribution in [1.82, 2.24) is 19.9 Å². The highest BCUT2D eigenvalue weighted by atomic mass is 19.4. The Morgan fingerprint density at radius 2 is 1.08 bits per heavy atom. The van der Waals surface area contributed by atoms with Crippen LogP contribution in [0.3, 0.4) is 0 Å². The number of hydrogen-bond donors (Lipinski definition) is 0. The van der Waals surface area contributed by atoms with Crippen molar-refractivity contribution < 1.29 is 13.2 Å². The van der Waals surface area contributed by atoms with E-state index in [-0.39, 0.29) is 16.3 Å². The molecule has 2 aromatic heterocycles. The highest BCUT2D eigenvalue weighted by Crippen LogP contribution is 2.33. The van der Waals surface area contributed by atoms with Gasteiger partial charge in [0.15, 0.2) is 0 Å². The van der Waals surface area contributed by atoms with E-state index in [1.807, 2.05) is 31.3 Å². The second-order valence-corrected chi connectivity index (χ2v) is 9.10. The molecule has 0 unspecified atom stereocenters. The molecule has 0 radical (unpaired) electrons. The standard InChI is InChI=1S/C28H11F3N8/c1-12-2-4-14-16(6-12)22(34-10-32)26-24(14)36-18-8-21-19(9-20(18)38-26)37-25-15-5-3-13(28(29,30)31)7-17(15)23(35-11-33)27(25)39-21/h2-9H,1H3/b34-22+,35-23+. The zero-order valence-electron chi connectivity index (χ0n) is 19.8. The Bertz CT molecular complexity index is 2420. The van der Waals surface area contributed by atoms with Gasteiger partial charge in [-0.1, -0.05) is 23.8 Å². The second-order valence-electron chi connectivity index (χ2n) is 9.10. The van der Waals surface area contributed by atoms with Crippen LogP contribution >= 0.6 is 0 Å². The Morgan fingerprint density at radius 1 is 0.615 bits per heavy atom. The van der Waals surface area contributed by atoms with Gasteiger partial charge in [0.1, 0.15) is 21.7 Å². The molecule has 0 aliphatic rings. The first-order valence-electron chi connectivity index (χ1n) is 11.6.